The number of methoxy groups -OCH3 is 1. The highest BCUT2D eigenvalue weighted by Gasteiger charge is 2.17. The van der Waals surface area contributed by atoms with Gasteiger partial charge in [0.15, 0.2) is 0 Å². The molecule has 6 nitrogen and oxygen atoms in total. The molecule has 0 spiro atoms. The Balaban J connectivity index is 1.51. The molecular weight excluding hydrogens is 469 g/mol. The van der Waals surface area contributed by atoms with Crippen molar-refractivity contribution in [2.24, 2.45) is 0 Å². The molecule has 0 atom stereocenters. The number of hydrogen-bond acceptors (Lipinski definition) is 4. The second kappa shape index (κ2) is 10.6. The van der Waals surface area contributed by atoms with E-state index in [1.807, 2.05) is 19.9 Å². The second-order valence-corrected chi connectivity index (χ2v) is 8.49. The monoisotopic (exact) mass is 493 g/mol. The minimum Gasteiger partial charge on any atom is -0.496 e. The van der Waals surface area contributed by atoms with Crippen molar-refractivity contribution in [1.82, 2.24) is 9.78 Å². The molecular formula is C27H25ClFN3O3. The Kier molecular flexibility index (Phi) is 7.36. The number of rotatable bonds is 8. The SMILES string of the molecule is COc1ccc(C(=O)Nc2c(C)nn(Cc3cccc(F)c3)c2C)cc1COc1ccc(Cl)cc1. The molecule has 1 N–H and O–H groups in total. The van der Waals surface area contributed by atoms with Crippen LogP contribution in [-0.4, -0.2) is 22.8 Å². The van der Waals surface area contributed by atoms with Crippen LogP contribution < -0.4 is 14.8 Å². The summed E-state index contributed by atoms with van der Waals surface area (Å²) in [7, 11) is 1.57. The Morgan fingerprint density at radius 1 is 1.09 bits per heavy atom. The highest BCUT2D eigenvalue weighted by molar-refractivity contribution is 6.30. The molecule has 1 aromatic heterocycles. The molecule has 3 aromatic carbocycles. The standard InChI is InChI=1S/C27H25ClFN3O3/c1-17-26(18(2)32(31-17)15-19-5-4-6-23(29)13-19)30-27(33)20-7-12-25(34-3)21(14-20)16-35-24-10-8-22(28)9-11-24/h4-14H,15-16H2,1-3H3,(H,30,33). The van der Waals surface area contributed by atoms with Gasteiger partial charge in [0.25, 0.3) is 5.91 Å². The highest BCUT2D eigenvalue weighted by atomic mass is 35.5. The van der Waals surface area contributed by atoms with E-state index in [2.05, 4.69) is 10.4 Å². The zero-order valence-electron chi connectivity index (χ0n) is 19.6. The summed E-state index contributed by atoms with van der Waals surface area (Å²) >= 11 is 5.93. The summed E-state index contributed by atoms with van der Waals surface area (Å²) in [4.78, 5) is 13.1. The zero-order valence-corrected chi connectivity index (χ0v) is 20.4. The maximum absolute atomic E-state index is 13.6. The number of hydrogen-bond donors (Lipinski definition) is 1. The maximum Gasteiger partial charge on any atom is 0.255 e. The van der Waals surface area contributed by atoms with Crippen LogP contribution in [0.4, 0.5) is 10.1 Å². The summed E-state index contributed by atoms with van der Waals surface area (Å²) in [5.74, 6) is 0.693. The van der Waals surface area contributed by atoms with Crippen LogP contribution in [-0.2, 0) is 13.2 Å². The number of anilines is 1. The van der Waals surface area contributed by atoms with Crippen LogP contribution in [0.3, 0.4) is 0 Å². The van der Waals surface area contributed by atoms with Gasteiger partial charge in [-0.3, -0.25) is 9.48 Å². The fourth-order valence-electron chi connectivity index (χ4n) is 3.75. The van der Waals surface area contributed by atoms with Crippen molar-refractivity contribution in [3.05, 3.63) is 106 Å². The van der Waals surface area contributed by atoms with Gasteiger partial charge in [0.1, 0.15) is 23.9 Å². The quantitative estimate of drug-likeness (QED) is 0.318. The van der Waals surface area contributed by atoms with Crippen LogP contribution >= 0.6 is 11.6 Å². The van der Waals surface area contributed by atoms with Crippen molar-refractivity contribution in [2.75, 3.05) is 12.4 Å². The number of nitrogens with zero attached hydrogens (tertiary/aromatic N) is 2. The van der Waals surface area contributed by atoms with Crippen molar-refractivity contribution >= 4 is 23.2 Å². The minimum atomic E-state index is -0.298. The van der Waals surface area contributed by atoms with Crippen molar-refractivity contribution in [2.45, 2.75) is 27.0 Å². The van der Waals surface area contributed by atoms with Gasteiger partial charge in [-0.15, -0.1) is 0 Å². The average Bonchev–Trinajstić information content (AvgIpc) is 3.10. The summed E-state index contributed by atoms with van der Waals surface area (Å²) in [6, 6.07) is 18.6. The molecule has 0 saturated carbocycles. The van der Waals surface area contributed by atoms with E-state index in [0.717, 1.165) is 16.8 Å². The van der Waals surface area contributed by atoms with E-state index in [9.17, 15) is 9.18 Å². The van der Waals surface area contributed by atoms with Gasteiger partial charge in [-0.25, -0.2) is 4.39 Å². The molecule has 4 aromatic rings. The van der Waals surface area contributed by atoms with Crippen molar-refractivity contribution in [1.29, 1.82) is 0 Å². The molecule has 0 unspecified atom stereocenters. The van der Waals surface area contributed by atoms with Gasteiger partial charge in [-0.1, -0.05) is 23.7 Å². The topological polar surface area (TPSA) is 65.4 Å². The lowest BCUT2D eigenvalue weighted by Crippen LogP contribution is -2.14. The molecule has 0 radical (unpaired) electrons. The summed E-state index contributed by atoms with van der Waals surface area (Å²) in [5.41, 5.74) is 4.05. The molecule has 8 heteroatoms. The Bertz CT molecular complexity index is 1350. The van der Waals surface area contributed by atoms with Crippen LogP contribution in [0, 0.1) is 19.7 Å². The van der Waals surface area contributed by atoms with Crippen LogP contribution in [0.15, 0.2) is 66.7 Å². The van der Waals surface area contributed by atoms with Gasteiger partial charge in [0.2, 0.25) is 0 Å². The van der Waals surface area contributed by atoms with E-state index in [1.165, 1.54) is 12.1 Å². The van der Waals surface area contributed by atoms with Gasteiger partial charge in [0.05, 0.1) is 30.7 Å². The van der Waals surface area contributed by atoms with Crippen molar-refractivity contribution in [3.63, 3.8) is 0 Å². The first-order chi connectivity index (χ1) is 16.8. The van der Waals surface area contributed by atoms with Crippen LogP contribution in [0.2, 0.25) is 5.02 Å². The first-order valence-corrected chi connectivity index (χ1v) is 11.4. The van der Waals surface area contributed by atoms with Crippen LogP contribution in [0.5, 0.6) is 11.5 Å². The molecule has 0 saturated heterocycles. The summed E-state index contributed by atoms with van der Waals surface area (Å²) < 4.78 is 26.6. The number of aryl methyl sites for hydroxylation is 1. The molecule has 1 amide bonds. The number of halogens is 2. The van der Waals surface area contributed by atoms with Crippen LogP contribution in [0.25, 0.3) is 0 Å². The zero-order chi connectivity index (χ0) is 24.9. The molecule has 1 heterocycles. The van der Waals surface area contributed by atoms with E-state index >= 15 is 0 Å². The van der Waals surface area contributed by atoms with Gasteiger partial charge >= 0.3 is 0 Å². The van der Waals surface area contributed by atoms with E-state index in [0.29, 0.717) is 40.0 Å². The minimum absolute atomic E-state index is 0.218. The Morgan fingerprint density at radius 3 is 2.57 bits per heavy atom. The Hall–Kier alpha value is -3.84. The molecule has 4 rings (SSSR count). The van der Waals surface area contributed by atoms with E-state index < -0.39 is 0 Å². The fraction of sp³-hybridized carbons (Fsp3) is 0.185. The summed E-state index contributed by atoms with van der Waals surface area (Å²) in [6.07, 6.45) is 0. The molecule has 0 bridgehead atoms. The molecule has 180 valence electrons. The highest BCUT2D eigenvalue weighted by Crippen LogP contribution is 2.25. The Morgan fingerprint density at radius 2 is 1.86 bits per heavy atom. The number of ether oxygens (including phenoxy) is 2. The fourth-order valence-corrected chi connectivity index (χ4v) is 3.88. The van der Waals surface area contributed by atoms with E-state index in [1.54, 1.807) is 60.3 Å². The predicted molar refractivity (Wildman–Crippen MR) is 134 cm³/mol. The lowest BCUT2D eigenvalue weighted by Gasteiger charge is -2.13. The third kappa shape index (κ3) is 5.81. The second-order valence-electron chi connectivity index (χ2n) is 8.06. The molecule has 0 fully saturated rings. The molecule has 35 heavy (non-hydrogen) atoms. The van der Waals surface area contributed by atoms with Gasteiger partial charge < -0.3 is 14.8 Å². The van der Waals surface area contributed by atoms with E-state index in [-0.39, 0.29) is 18.3 Å². The third-order valence-corrected chi connectivity index (χ3v) is 5.84. The lowest BCUT2D eigenvalue weighted by molar-refractivity contribution is 0.102. The largest absolute Gasteiger partial charge is 0.496 e. The Labute approximate surface area is 208 Å². The van der Waals surface area contributed by atoms with Crippen molar-refractivity contribution in [3.8, 4) is 11.5 Å². The summed E-state index contributed by atoms with van der Waals surface area (Å²) in [5, 5.41) is 8.11. The normalized spacial score (nSPS) is 10.8. The smallest absolute Gasteiger partial charge is 0.255 e. The number of benzene rings is 3. The van der Waals surface area contributed by atoms with Crippen molar-refractivity contribution < 1.29 is 18.7 Å². The van der Waals surface area contributed by atoms with Crippen LogP contribution in [0.1, 0.15) is 32.9 Å². The maximum atomic E-state index is 13.6. The van der Waals surface area contributed by atoms with E-state index in [4.69, 9.17) is 21.1 Å². The number of amides is 1. The predicted octanol–water partition coefficient (Wildman–Crippen LogP) is 6.18. The number of aromatic nitrogens is 2. The first kappa shape index (κ1) is 24.3. The van der Waals surface area contributed by atoms with Gasteiger partial charge in [0, 0.05) is 16.1 Å². The number of carbonyl (C=O) groups is 1. The molecule has 0 aliphatic carbocycles. The number of nitrogens with one attached hydrogen (secondary N) is 1. The van der Waals surface area contributed by atoms with Gasteiger partial charge in [-0.2, -0.15) is 5.10 Å². The van der Waals surface area contributed by atoms with Gasteiger partial charge in [-0.05, 0) is 74.0 Å². The molecule has 0 aliphatic heterocycles. The lowest BCUT2D eigenvalue weighted by atomic mass is 10.1. The molecule has 0 aliphatic rings. The number of carbonyl (C=O) groups excluding carboxylic acids is 1. The average molecular weight is 494 g/mol. The first-order valence-electron chi connectivity index (χ1n) is 11.0. The summed E-state index contributed by atoms with van der Waals surface area (Å²) in [6.45, 7) is 4.31. The third-order valence-electron chi connectivity index (χ3n) is 5.59.